The Balaban J connectivity index is 1.60. The molecule has 24 heavy (non-hydrogen) atoms. The summed E-state index contributed by atoms with van der Waals surface area (Å²) in [5, 5.41) is 7.99. The quantitative estimate of drug-likeness (QED) is 0.726. The van der Waals surface area contributed by atoms with Gasteiger partial charge in [-0.15, -0.1) is 0 Å². The summed E-state index contributed by atoms with van der Waals surface area (Å²) in [5.41, 5.74) is 2.47. The van der Waals surface area contributed by atoms with E-state index in [2.05, 4.69) is 71.2 Å². The topological polar surface area (TPSA) is 47.7 Å². The van der Waals surface area contributed by atoms with Crippen molar-refractivity contribution in [1.82, 2.24) is 24.6 Å². The molecule has 1 N–H and O–H groups in total. The van der Waals surface area contributed by atoms with Crippen molar-refractivity contribution in [2.45, 2.75) is 45.9 Å². The van der Waals surface area contributed by atoms with Gasteiger partial charge in [0.15, 0.2) is 0 Å². The van der Waals surface area contributed by atoms with E-state index < -0.39 is 0 Å². The zero-order chi connectivity index (χ0) is 16.9. The van der Waals surface area contributed by atoms with Gasteiger partial charge in [-0.2, -0.15) is 5.10 Å². The van der Waals surface area contributed by atoms with E-state index in [1.54, 1.807) is 0 Å². The highest BCUT2D eigenvalue weighted by Gasteiger charge is 2.15. The fraction of sp³-hybridized carbons (Fsp3) is 0.368. The van der Waals surface area contributed by atoms with Gasteiger partial charge in [0.05, 0.1) is 18.8 Å². The predicted molar refractivity (Wildman–Crippen MR) is 95.7 cm³/mol. The largest absolute Gasteiger partial charge is 0.329 e. The van der Waals surface area contributed by atoms with Crippen molar-refractivity contribution in [1.29, 1.82) is 0 Å². The molecule has 0 amide bonds. The van der Waals surface area contributed by atoms with Crippen molar-refractivity contribution in [3.63, 3.8) is 0 Å². The summed E-state index contributed by atoms with van der Waals surface area (Å²) in [6.45, 7) is 8.02. The van der Waals surface area contributed by atoms with Crippen molar-refractivity contribution in [3.05, 3.63) is 72.1 Å². The molecule has 0 radical (unpaired) electrons. The third-order valence-electron chi connectivity index (χ3n) is 4.45. The molecule has 0 fully saturated rings. The third-order valence-corrected chi connectivity index (χ3v) is 4.45. The molecule has 0 spiro atoms. The maximum atomic E-state index is 4.50. The highest BCUT2D eigenvalue weighted by molar-refractivity contribution is 5.15. The number of hydrogen-bond acceptors (Lipinski definition) is 3. The summed E-state index contributed by atoms with van der Waals surface area (Å²) in [6, 6.07) is 11.0. The minimum atomic E-state index is 0.288. The summed E-state index contributed by atoms with van der Waals surface area (Å²) in [4.78, 5) is 4.50. The molecule has 126 valence electrons. The Hall–Kier alpha value is -2.40. The van der Waals surface area contributed by atoms with Gasteiger partial charge in [-0.25, -0.2) is 4.98 Å². The number of rotatable bonds is 7. The highest BCUT2D eigenvalue weighted by Crippen LogP contribution is 2.12. The van der Waals surface area contributed by atoms with E-state index in [1.807, 2.05) is 29.3 Å². The molecule has 5 heteroatoms. The van der Waals surface area contributed by atoms with E-state index in [4.69, 9.17) is 0 Å². The van der Waals surface area contributed by atoms with Gasteiger partial charge in [0.1, 0.15) is 5.82 Å². The van der Waals surface area contributed by atoms with Gasteiger partial charge >= 0.3 is 0 Å². The zero-order valence-corrected chi connectivity index (χ0v) is 14.6. The Labute approximate surface area is 143 Å². The average molecular weight is 323 g/mol. The number of nitrogens with zero attached hydrogens (tertiary/aromatic N) is 4. The summed E-state index contributed by atoms with van der Waals surface area (Å²) < 4.78 is 4.21. The van der Waals surface area contributed by atoms with Crippen LogP contribution in [0, 0.1) is 6.92 Å². The maximum Gasteiger partial charge on any atom is 0.122 e. The molecule has 2 heterocycles. The van der Waals surface area contributed by atoms with Crippen molar-refractivity contribution < 1.29 is 0 Å². The third kappa shape index (κ3) is 3.92. The van der Waals surface area contributed by atoms with E-state index >= 15 is 0 Å². The number of aromatic nitrogens is 4. The van der Waals surface area contributed by atoms with Gasteiger partial charge in [-0.1, -0.05) is 30.3 Å². The van der Waals surface area contributed by atoms with Crippen molar-refractivity contribution >= 4 is 0 Å². The van der Waals surface area contributed by atoms with Crippen LogP contribution < -0.4 is 5.32 Å². The van der Waals surface area contributed by atoms with Crippen LogP contribution in [0.4, 0.5) is 0 Å². The molecular weight excluding hydrogens is 298 g/mol. The van der Waals surface area contributed by atoms with E-state index in [0.29, 0.717) is 6.04 Å². The second kappa shape index (κ2) is 7.45. The van der Waals surface area contributed by atoms with Crippen molar-refractivity contribution in [3.8, 4) is 0 Å². The van der Waals surface area contributed by atoms with Gasteiger partial charge in [0.2, 0.25) is 0 Å². The molecular formula is C19H25N5. The van der Waals surface area contributed by atoms with Crippen molar-refractivity contribution in [2.24, 2.45) is 0 Å². The molecule has 0 aliphatic rings. The van der Waals surface area contributed by atoms with Crippen LogP contribution in [0.25, 0.3) is 0 Å². The van der Waals surface area contributed by atoms with Crippen LogP contribution in [0.15, 0.2) is 55.1 Å². The van der Waals surface area contributed by atoms with Gasteiger partial charge in [-0.3, -0.25) is 4.68 Å². The molecule has 0 aliphatic carbocycles. The van der Waals surface area contributed by atoms with Crippen molar-refractivity contribution in [2.75, 3.05) is 0 Å². The molecule has 0 aliphatic heterocycles. The Morgan fingerprint density at radius 1 is 1.17 bits per heavy atom. The second-order valence-electron chi connectivity index (χ2n) is 6.36. The number of aryl methyl sites for hydroxylation is 1. The summed E-state index contributed by atoms with van der Waals surface area (Å²) in [7, 11) is 0. The van der Waals surface area contributed by atoms with Crippen LogP contribution >= 0.6 is 0 Å². The van der Waals surface area contributed by atoms with Gasteiger partial charge in [0.25, 0.3) is 0 Å². The van der Waals surface area contributed by atoms with Gasteiger partial charge < -0.3 is 9.88 Å². The molecule has 0 bridgehead atoms. The summed E-state index contributed by atoms with van der Waals surface area (Å²) in [5.74, 6) is 1.05. The molecule has 2 atom stereocenters. The normalized spacial score (nSPS) is 13.8. The standard InChI is InChI=1S/C19H25N5/c1-15-11-22-24(13-15)17(3)16(2)21-12-19-20-9-10-23(19)14-18-7-5-4-6-8-18/h4-11,13,16-17,21H,12,14H2,1-3H3. The van der Waals surface area contributed by atoms with Gasteiger partial charge in [-0.05, 0) is 31.9 Å². The van der Waals surface area contributed by atoms with E-state index in [1.165, 1.54) is 11.1 Å². The summed E-state index contributed by atoms with van der Waals surface area (Å²) in [6.07, 6.45) is 7.88. The maximum absolute atomic E-state index is 4.50. The second-order valence-corrected chi connectivity index (χ2v) is 6.36. The number of imidazole rings is 1. The van der Waals surface area contributed by atoms with Crippen LogP contribution in [0.3, 0.4) is 0 Å². The van der Waals surface area contributed by atoms with Crippen LogP contribution in [0.5, 0.6) is 0 Å². The highest BCUT2D eigenvalue weighted by atomic mass is 15.3. The number of benzene rings is 1. The van der Waals surface area contributed by atoms with Crippen LogP contribution in [-0.4, -0.2) is 25.4 Å². The molecule has 0 saturated heterocycles. The lowest BCUT2D eigenvalue weighted by Crippen LogP contribution is -2.34. The van der Waals surface area contributed by atoms with Gasteiger partial charge in [0, 0.05) is 31.2 Å². The fourth-order valence-electron chi connectivity index (χ4n) is 2.74. The Morgan fingerprint density at radius 3 is 2.67 bits per heavy atom. The fourth-order valence-corrected chi connectivity index (χ4v) is 2.74. The Bertz CT molecular complexity index is 759. The van der Waals surface area contributed by atoms with E-state index in [0.717, 1.165) is 18.9 Å². The first-order valence-corrected chi connectivity index (χ1v) is 8.41. The van der Waals surface area contributed by atoms with E-state index in [9.17, 15) is 0 Å². The first kappa shape index (κ1) is 16.5. The minimum Gasteiger partial charge on any atom is -0.329 e. The van der Waals surface area contributed by atoms with Crippen LogP contribution in [0.2, 0.25) is 0 Å². The minimum absolute atomic E-state index is 0.288. The lowest BCUT2D eigenvalue weighted by atomic mass is 10.1. The SMILES string of the molecule is Cc1cnn(C(C)C(C)NCc2nccn2Cc2ccccc2)c1. The number of hydrogen-bond donors (Lipinski definition) is 1. The van der Waals surface area contributed by atoms with Crippen LogP contribution in [0.1, 0.15) is 36.8 Å². The first-order valence-electron chi connectivity index (χ1n) is 8.41. The monoisotopic (exact) mass is 323 g/mol. The lowest BCUT2D eigenvalue weighted by molar-refractivity contribution is 0.360. The smallest absolute Gasteiger partial charge is 0.122 e. The molecule has 3 aromatic rings. The zero-order valence-electron chi connectivity index (χ0n) is 14.6. The molecule has 1 aromatic carbocycles. The number of nitrogens with one attached hydrogen (secondary N) is 1. The predicted octanol–water partition coefficient (Wildman–Crippen LogP) is 3.18. The molecule has 2 aromatic heterocycles. The Morgan fingerprint density at radius 2 is 1.96 bits per heavy atom. The molecule has 2 unspecified atom stereocenters. The van der Waals surface area contributed by atoms with E-state index in [-0.39, 0.29) is 6.04 Å². The van der Waals surface area contributed by atoms with Crippen LogP contribution in [-0.2, 0) is 13.1 Å². The summed E-state index contributed by atoms with van der Waals surface area (Å²) >= 11 is 0. The molecule has 3 rings (SSSR count). The molecule has 0 saturated carbocycles. The first-order chi connectivity index (χ1) is 11.6. The molecule has 5 nitrogen and oxygen atoms in total. The lowest BCUT2D eigenvalue weighted by Gasteiger charge is -2.22. The average Bonchev–Trinajstić information content (AvgIpc) is 3.22. The Kier molecular flexibility index (Phi) is 5.11.